The largest absolute Gasteiger partial charge is 0.363 e. The summed E-state index contributed by atoms with van der Waals surface area (Å²) in [6.07, 6.45) is 5.21. The number of aromatic nitrogens is 2. The van der Waals surface area contributed by atoms with E-state index in [0.29, 0.717) is 49.9 Å². The van der Waals surface area contributed by atoms with Gasteiger partial charge in [0, 0.05) is 45.1 Å². The number of carbonyl (C=O) groups excluding carboxylic acids is 2. The van der Waals surface area contributed by atoms with E-state index in [1.807, 2.05) is 31.2 Å². The minimum absolute atomic E-state index is 0.173. The first-order valence-electron chi connectivity index (χ1n) is 10.5. The van der Waals surface area contributed by atoms with Crippen LogP contribution in [-0.4, -0.2) is 64.3 Å². The average molecular weight is 406 g/mol. The van der Waals surface area contributed by atoms with Gasteiger partial charge in [0.2, 0.25) is 5.95 Å². The molecule has 1 aromatic carbocycles. The van der Waals surface area contributed by atoms with Gasteiger partial charge >= 0.3 is 0 Å². The maximum Gasteiger partial charge on any atom is 0.277 e. The van der Waals surface area contributed by atoms with E-state index in [1.54, 1.807) is 18.5 Å². The van der Waals surface area contributed by atoms with Gasteiger partial charge in [0.05, 0.1) is 5.57 Å². The van der Waals surface area contributed by atoms with E-state index in [9.17, 15) is 9.59 Å². The van der Waals surface area contributed by atoms with Crippen molar-refractivity contribution in [1.82, 2.24) is 19.8 Å². The molecule has 2 aliphatic heterocycles. The van der Waals surface area contributed by atoms with Crippen molar-refractivity contribution >= 4 is 23.3 Å². The van der Waals surface area contributed by atoms with Crippen LogP contribution >= 0.6 is 0 Å². The molecule has 1 aromatic heterocycles. The number of anilines is 1. The highest BCUT2D eigenvalue weighted by Gasteiger charge is 2.41. The molecule has 0 bridgehead atoms. The van der Waals surface area contributed by atoms with Crippen molar-refractivity contribution in [1.29, 1.82) is 0 Å². The maximum atomic E-state index is 13.3. The highest BCUT2D eigenvalue weighted by Crippen LogP contribution is 2.32. The third-order valence-corrected chi connectivity index (χ3v) is 5.65. The van der Waals surface area contributed by atoms with Crippen LogP contribution in [0.1, 0.15) is 30.9 Å². The van der Waals surface area contributed by atoms with Crippen molar-refractivity contribution in [2.24, 2.45) is 0 Å². The second kappa shape index (κ2) is 8.65. The van der Waals surface area contributed by atoms with Crippen molar-refractivity contribution in [3.63, 3.8) is 0 Å². The first kappa shape index (κ1) is 20.1. The SMILES string of the molecule is CCCCN1C(=O)C(c2ccc(C)cc2)=C(N2CCN(c3ncccn3)CC2)C1=O. The number of unbranched alkanes of at least 4 members (excludes halogenated alkanes) is 1. The lowest BCUT2D eigenvalue weighted by atomic mass is 10.0. The van der Waals surface area contributed by atoms with Gasteiger partial charge < -0.3 is 9.80 Å². The van der Waals surface area contributed by atoms with Crippen molar-refractivity contribution in [3.8, 4) is 0 Å². The molecule has 7 nitrogen and oxygen atoms in total. The normalized spacial score (nSPS) is 17.3. The zero-order valence-corrected chi connectivity index (χ0v) is 17.5. The van der Waals surface area contributed by atoms with Gasteiger partial charge in [-0.25, -0.2) is 9.97 Å². The molecule has 2 aliphatic rings. The lowest BCUT2D eigenvalue weighted by Gasteiger charge is -2.36. The Morgan fingerprint density at radius 1 is 0.900 bits per heavy atom. The molecule has 2 aromatic rings. The van der Waals surface area contributed by atoms with Crippen molar-refractivity contribution in [2.45, 2.75) is 26.7 Å². The van der Waals surface area contributed by atoms with E-state index >= 15 is 0 Å². The smallest absolute Gasteiger partial charge is 0.277 e. The Kier molecular flexibility index (Phi) is 5.79. The maximum absolute atomic E-state index is 13.3. The Bertz CT molecular complexity index is 947. The number of nitrogens with zero attached hydrogens (tertiary/aromatic N) is 5. The van der Waals surface area contributed by atoms with Gasteiger partial charge in [0.1, 0.15) is 5.70 Å². The number of hydrogen-bond acceptors (Lipinski definition) is 6. The van der Waals surface area contributed by atoms with E-state index in [2.05, 4.69) is 26.7 Å². The first-order valence-corrected chi connectivity index (χ1v) is 10.5. The zero-order chi connectivity index (χ0) is 21.1. The number of amides is 2. The van der Waals surface area contributed by atoms with Gasteiger partial charge in [-0.05, 0) is 25.0 Å². The molecule has 0 aliphatic carbocycles. The molecule has 30 heavy (non-hydrogen) atoms. The van der Waals surface area contributed by atoms with Gasteiger partial charge in [-0.3, -0.25) is 14.5 Å². The van der Waals surface area contributed by atoms with E-state index in [-0.39, 0.29) is 11.8 Å². The number of aryl methyl sites for hydroxylation is 1. The zero-order valence-electron chi connectivity index (χ0n) is 17.5. The monoisotopic (exact) mass is 405 g/mol. The Labute approximate surface area is 177 Å². The number of hydrogen-bond donors (Lipinski definition) is 0. The Morgan fingerprint density at radius 2 is 1.53 bits per heavy atom. The minimum Gasteiger partial charge on any atom is -0.363 e. The fourth-order valence-corrected chi connectivity index (χ4v) is 3.94. The summed E-state index contributed by atoms with van der Waals surface area (Å²) in [5.74, 6) is 0.345. The molecule has 1 fully saturated rings. The minimum atomic E-state index is -0.180. The van der Waals surface area contributed by atoms with Gasteiger partial charge in [0.25, 0.3) is 11.8 Å². The standard InChI is InChI=1S/C23H27N5O2/c1-3-4-12-28-21(29)19(18-8-6-17(2)7-9-18)20(22(28)30)26-13-15-27(16-14-26)23-24-10-5-11-25-23/h5-11H,3-4,12-16H2,1-2H3. The Morgan fingerprint density at radius 3 is 2.17 bits per heavy atom. The molecular formula is C23H27N5O2. The fourth-order valence-electron chi connectivity index (χ4n) is 3.94. The van der Waals surface area contributed by atoms with Crippen molar-refractivity contribution in [3.05, 3.63) is 59.5 Å². The van der Waals surface area contributed by atoms with E-state index in [1.165, 1.54) is 4.90 Å². The second-order valence-electron chi connectivity index (χ2n) is 7.73. The summed E-state index contributed by atoms with van der Waals surface area (Å²) in [4.78, 5) is 40.8. The molecule has 2 amide bonds. The van der Waals surface area contributed by atoms with Crippen LogP contribution in [0.25, 0.3) is 5.57 Å². The molecule has 0 saturated carbocycles. The summed E-state index contributed by atoms with van der Waals surface area (Å²) in [6.45, 7) is 7.22. The molecule has 7 heteroatoms. The van der Waals surface area contributed by atoms with Crippen LogP contribution in [0.15, 0.2) is 48.4 Å². The van der Waals surface area contributed by atoms with E-state index in [4.69, 9.17) is 0 Å². The first-order chi connectivity index (χ1) is 14.6. The van der Waals surface area contributed by atoms with Crippen LogP contribution in [0, 0.1) is 6.92 Å². The summed E-state index contributed by atoms with van der Waals surface area (Å²) in [7, 11) is 0. The highest BCUT2D eigenvalue weighted by atomic mass is 16.2. The molecule has 156 valence electrons. The third kappa shape index (κ3) is 3.79. The quantitative estimate of drug-likeness (QED) is 0.688. The molecule has 4 rings (SSSR count). The third-order valence-electron chi connectivity index (χ3n) is 5.65. The van der Waals surface area contributed by atoms with Crippen LogP contribution in [0.4, 0.5) is 5.95 Å². The Balaban J connectivity index is 1.62. The molecule has 3 heterocycles. The molecule has 1 saturated heterocycles. The molecule has 0 spiro atoms. The second-order valence-corrected chi connectivity index (χ2v) is 7.73. The number of piperazine rings is 1. The predicted molar refractivity (Wildman–Crippen MR) is 116 cm³/mol. The van der Waals surface area contributed by atoms with Gasteiger partial charge in [-0.2, -0.15) is 0 Å². The summed E-state index contributed by atoms with van der Waals surface area (Å²) < 4.78 is 0. The predicted octanol–water partition coefficient (Wildman–Crippen LogP) is 2.49. The van der Waals surface area contributed by atoms with Crippen molar-refractivity contribution in [2.75, 3.05) is 37.6 Å². The molecule has 0 N–H and O–H groups in total. The number of imide groups is 1. The van der Waals surface area contributed by atoms with E-state index < -0.39 is 0 Å². The van der Waals surface area contributed by atoms with Gasteiger partial charge in [-0.1, -0.05) is 43.2 Å². The summed E-state index contributed by atoms with van der Waals surface area (Å²) >= 11 is 0. The summed E-state index contributed by atoms with van der Waals surface area (Å²) in [6, 6.07) is 9.64. The number of rotatable bonds is 6. The van der Waals surface area contributed by atoms with Gasteiger partial charge in [-0.15, -0.1) is 0 Å². The lowest BCUT2D eigenvalue weighted by molar-refractivity contribution is -0.137. The van der Waals surface area contributed by atoms with Crippen LogP contribution in [0.3, 0.4) is 0 Å². The van der Waals surface area contributed by atoms with Crippen LogP contribution in [0.2, 0.25) is 0 Å². The topological polar surface area (TPSA) is 69.6 Å². The van der Waals surface area contributed by atoms with Gasteiger partial charge in [0.15, 0.2) is 0 Å². The lowest BCUT2D eigenvalue weighted by Crippen LogP contribution is -2.48. The summed E-state index contributed by atoms with van der Waals surface area (Å²) in [5.41, 5.74) is 2.99. The number of benzene rings is 1. The summed E-state index contributed by atoms with van der Waals surface area (Å²) in [5, 5.41) is 0. The van der Waals surface area contributed by atoms with Crippen LogP contribution in [-0.2, 0) is 9.59 Å². The van der Waals surface area contributed by atoms with E-state index in [0.717, 1.165) is 24.0 Å². The van der Waals surface area contributed by atoms with Crippen LogP contribution in [0.5, 0.6) is 0 Å². The molecule has 0 atom stereocenters. The number of carbonyl (C=O) groups is 2. The van der Waals surface area contributed by atoms with Crippen LogP contribution < -0.4 is 4.90 Å². The molecular weight excluding hydrogens is 378 g/mol. The molecule has 0 radical (unpaired) electrons. The van der Waals surface area contributed by atoms with Crippen molar-refractivity contribution < 1.29 is 9.59 Å². The highest BCUT2D eigenvalue weighted by molar-refractivity contribution is 6.35. The molecule has 0 unspecified atom stereocenters. The Hall–Kier alpha value is -3.22. The average Bonchev–Trinajstić information content (AvgIpc) is 3.03. The fraction of sp³-hybridized carbons (Fsp3) is 0.391.